The smallest absolute Gasteiger partial charge is 0.421 e. The summed E-state index contributed by atoms with van der Waals surface area (Å²) < 4.78 is 218. The quantitative estimate of drug-likeness (QED) is 0.317. The van der Waals surface area contributed by atoms with Crippen LogP contribution in [0.1, 0.15) is 65.2 Å². The molecule has 48 heavy (non-hydrogen) atoms. The van der Waals surface area contributed by atoms with E-state index in [-0.39, 0.29) is 0 Å². The molecule has 0 aromatic heterocycles. The van der Waals surface area contributed by atoms with Crippen molar-refractivity contribution in [3.8, 4) is 0 Å². The van der Waals surface area contributed by atoms with Gasteiger partial charge in [0.15, 0.2) is 40.1 Å². The summed E-state index contributed by atoms with van der Waals surface area (Å²) in [5, 5.41) is 0. The maximum absolute atomic E-state index is 11.4. The first-order chi connectivity index (χ1) is 21.3. The highest BCUT2D eigenvalue weighted by atomic mass is 32.3. The van der Waals surface area contributed by atoms with Crippen LogP contribution < -0.4 is 9.80 Å². The Kier molecular flexibility index (Phi) is 19.8. The van der Waals surface area contributed by atoms with E-state index in [0.717, 1.165) is 8.25 Å². The third-order valence-electron chi connectivity index (χ3n) is 5.95. The van der Waals surface area contributed by atoms with Gasteiger partial charge in [-0.1, -0.05) is 26.7 Å². The lowest BCUT2D eigenvalue weighted by molar-refractivity contribution is -0.887. The van der Waals surface area contributed by atoms with Gasteiger partial charge < -0.3 is 18.1 Å². The Morgan fingerprint density at radius 3 is 0.771 bits per heavy atom. The molecule has 2 saturated heterocycles. The van der Waals surface area contributed by atoms with E-state index in [0.29, 0.717) is 0 Å². The van der Waals surface area contributed by atoms with E-state index in [1.165, 1.54) is 90.6 Å². The number of likely N-dealkylation sites (tertiary alicyclic amines) is 2. The molecule has 0 spiro atoms. The second-order valence-corrected chi connectivity index (χ2v) is 16.8. The molecule has 0 amide bonds. The zero-order valence-electron chi connectivity index (χ0n) is 25.2. The van der Waals surface area contributed by atoms with Gasteiger partial charge in [0.2, 0.25) is 0 Å². The van der Waals surface area contributed by atoms with Crippen LogP contribution in [0.25, 0.3) is 8.25 Å². The highest BCUT2D eigenvalue weighted by Crippen LogP contribution is 2.37. The third-order valence-corrected chi connectivity index (χ3v) is 11.4. The van der Waals surface area contributed by atoms with Crippen molar-refractivity contribution in [3.63, 3.8) is 0 Å². The Morgan fingerprint density at radius 2 is 0.625 bits per heavy atom. The van der Waals surface area contributed by atoms with E-state index in [1.807, 2.05) is 9.80 Å². The topological polar surface area (TPSA) is 174 Å². The normalized spacial score (nSPS) is 17.5. The van der Waals surface area contributed by atoms with Crippen LogP contribution in [0.2, 0.25) is 0 Å². The van der Waals surface area contributed by atoms with E-state index in [2.05, 4.69) is 13.8 Å². The van der Waals surface area contributed by atoms with Gasteiger partial charge in [0.25, 0.3) is 0 Å². The van der Waals surface area contributed by atoms with Gasteiger partial charge >= 0.3 is 22.0 Å². The molecule has 2 heterocycles. The number of nitrogens with zero attached hydrogens (tertiary/aromatic N) is 2. The fourth-order valence-corrected chi connectivity index (χ4v) is 6.95. The Balaban J connectivity index is 0. The Bertz CT molecular complexity index is 1180. The monoisotopic (exact) mass is 816 g/mol. The Labute approximate surface area is 270 Å². The van der Waals surface area contributed by atoms with E-state index in [1.54, 1.807) is 0 Å². The molecular formula is C20H36F12N4O8S4. The molecule has 2 rings (SSSR count). The van der Waals surface area contributed by atoms with E-state index in [4.69, 9.17) is 0 Å². The maximum Gasteiger partial charge on any atom is 0.480 e. The number of hydrogen-bond donors (Lipinski definition) is 2. The maximum atomic E-state index is 11.4. The number of halogens is 12. The van der Waals surface area contributed by atoms with E-state index in [9.17, 15) is 86.4 Å². The largest absolute Gasteiger partial charge is 0.480 e. The molecule has 0 aromatic rings. The molecule has 292 valence electrons. The molecule has 0 aromatic carbocycles. The average Bonchev–Trinajstić information content (AvgIpc) is 3.58. The number of nitrogens with one attached hydrogen (secondary N) is 2. The summed E-state index contributed by atoms with van der Waals surface area (Å²) >= 11 is 0. The predicted octanol–water partition coefficient (Wildman–Crippen LogP) is 3.05. The van der Waals surface area contributed by atoms with Crippen molar-refractivity contribution < 1.29 is 96.2 Å². The van der Waals surface area contributed by atoms with Gasteiger partial charge in [-0.05, 0) is 12.8 Å². The molecule has 0 saturated carbocycles. The van der Waals surface area contributed by atoms with Crippen molar-refractivity contribution >= 4 is 40.1 Å². The van der Waals surface area contributed by atoms with Crippen molar-refractivity contribution in [2.45, 2.75) is 87.2 Å². The first-order valence-electron chi connectivity index (χ1n) is 13.7. The minimum absolute atomic E-state index is 0.778. The molecule has 0 atom stereocenters. The summed E-state index contributed by atoms with van der Waals surface area (Å²) in [6.07, 6.45) is 11.5. The van der Waals surface area contributed by atoms with Crippen LogP contribution in [0.3, 0.4) is 0 Å². The molecule has 0 bridgehead atoms. The minimum Gasteiger partial charge on any atom is -0.421 e. The van der Waals surface area contributed by atoms with Gasteiger partial charge in [-0.25, -0.2) is 33.7 Å². The average molecular weight is 817 g/mol. The second kappa shape index (κ2) is 19.4. The number of hydrogen-bond acceptors (Lipinski definition) is 8. The highest BCUT2D eigenvalue weighted by Gasteiger charge is 2.48. The first kappa shape index (κ1) is 48.9. The van der Waals surface area contributed by atoms with Crippen LogP contribution in [0.15, 0.2) is 0 Å². The molecule has 2 N–H and O–H groups in total. The Hall–Kier alpha value is -1.20. The number of quaternary nitrogens is 2. The molecule has 12 nitrogen and oxygen atoms in total. The predicted molar refractivity (Wildman–Crippen MR) is 146 cm³/mol. The van der Waals surface area contributed by atoms with Gasteiger partial charge in [-0.2, -0.15) is 52.7 Å². The van der Waals surface area contributed by atoms with Gasteiger partial charge in [0, 0.05) is 25.7 Å². The van der Waals surface area contributed by atoms with Crippen LogP contribution in [0, 0.1) is 0 Å². The molecule has 2 aliphatic rings. The summed E-state index contributed by atoms with van der Waals surface area (Å²) in [5.41, 5.74) is -24.8. The fraction of sp³-hybridized carbons (Fsp3) is 1.00. The third kappa shape index (κ3) is 18.2. The molecule has 2 fully saturated rings. The molecule has 2 aliphatic heterocycles. The second-order valence-electron chi connectivity index (χ2n) is 9.95. The minimum atomic E-state index is -6.72. The SMILES string of the molecule is CCCC[NH+]1CCCC1.CCCC[NH+]1CCCC1.O=S(=O)([N-]S(=O)(=O)C(F)(F)F)C(F)(F)F.O=S(=O)([N-]S(=O)(=O)C(F)(F)F)C(F)(F)F. The number of unbranched alkanes of at least 4 members (excludes halogenated alkanes) is 2. The van der Waals surface area contributed by atoms with Crippen LogP contribution in [0.4, 0.5) is 52.7 Å². The van der Waals surface area contributed by atoms with Crippen molar-refractivity contribution in [2.75, 3.05) is 39.3 Å². The zero-order chi connectivity index (χ0) is 38.5. The number of sulfonamides is 4. The fourth-order valence-electron chi connectivity index (χ4n) is 3.53. The summed E-state index contributed by atoms with van der Waals surface area (Å²) in [7, 11) is -26.9. The van der Waals surface area contributed by atoms with Crippen LogP contribution >= 0.6 is 0 Å². The van der Waals surface area contributed by atoms with Crippen LogP contribution in [-0.4, -0.2) is 95.0 Å². The van der Waals surface area contributed by atoms with Gasteiger partial charge in [-0.15, -0.1) is 0 Å². The molecule has 0 radical (unpaired) electrons. The van der Waals surface area contributed by atoms with Gasteiger partial charge in [0.05, 0.1) is 39.3 Å². The lowest BCUT2D eigenvalue weighted by Crippen LogP contribution is -3.09. The van der Waals surface area contributed by atoms with Crippen molar-refractivity contribution in [2.24, 2.45) is 0 Å². The summed E-state index contributed by atoms with van der Waals surface area (Å²) in [4.78, 5) is 3.69. The molecule has 0 unspecified atom stereocenters. The van der Waals surface area contributed by atoms with Gasteiger partial charge in [0.1, 0.15) is 0 Å². The van der Waals surface area contributed by atoms with Crippen LogP contribution in [-0.2, 0) is 40.1 Å². The number of alkyl halides is 12. The van der Waals surface area contributed by atoms with Crippen LogP contribution in [0.5, 0.6) is 0 Å². The summed E-state index contributed by atoms with van der Waals surface area (Å²) in [6, 6.07) is 0. The van der Waals surface area contributed by atoms with E-state index >= 15 is 0 Å². The molecular weight excluding hydrogens is 780 g/mol. The first-order valence-corrected chi connectivity index (χ1v) is 19.4. The summed E-state index contributed by atoms with van der Waals surface area (Å²) in [6.45, 7) is 13.2. The molecule has 0 aliphatic carbocycles. The Morgan fingerprint density at radius 1 is 0.438 bits per heavy atom. The molecule has 28 heteroatoms. The standard InChI is InChI=1S/2C8H17N.2C2F6NO4S2/c2*1-2-3-6-9-7-4-5-8-9;2*3-1(4,5)14(10,11)9-15(12,13)2(6,7)8/h2*2-8H2,1H3;;/q;;2*-1/p+2. The number of rotatable bonds is 10. The van der Waals surface area contributed by atoms with Crippen molar-refractivity contribution in [1.29, 1.82) is 0 Å². The van der Waals surface area contributed by atoms with Crippen molar-refractivity contribution in [3.05, 3.63) is 8.25 Å². The zero-order valence-corrected chi connectivity index (χ0v) is 28.5. The lowest BCUT2D eigenvalue weighted by atomic mass is 10.3. The summed E-state index contributed by atoms with van der Waals surface area (Å²) in [5.74, 6) is 0. The van der Waals surface area contributed by atoms with Gasteiger partial charge in [-0.3, -0.25) is 0 Å². The van der Waals surface area contributed by atoms with E-state index < -0.39 is 62.1 Å². The van der Waals surface area contributed by atoms with Crippen molar-refractivity contribution in [1.82, 2.24) is 0 Å². The highest BCUT2D eigenvalue weighted by molar-refractivity contribution is 8.13. The lowest BCUT2D eigenvalue weighted by Gasteiger charge is -2.22.